The summed E-state index contributed by atoms with van der Waals surface area (Å²) >= 11 is 3.39. The highest BCUT2D eigenvalue weighted by atomic mass is 32.2. The van der Waals surface area contributed by atoms with Gasteiger partial charge in [0.2, 0.25) is 0 Å². The number of rotatable bonds is 5. The van der Waals surface area contributed by atoms with Gasteiger partial charge >= 0.3 is 5.97 Å². The Labute approximate surface area is 109 Å². The van der Waals surface area contributed by atoms with Crippen molar-refractivity contribution >= 4 is 34.2 Å². The third kappa shape index (κ3) is 2.74. The molecule has 1 aliphatic rings. The number of aromatic nitrogens is 1. The van der Waals surface area contributed by atoms with Crippen LogP contribution in [0.1, 0.15) is 29.8 Å². The lowest BCUT2D eigenvalue weighted by atomic mass is 10.1. The van der Waals surface area contributed by atoms with Crippen LogP contribution in [0.25, 0.3) is 0 Å². The van der Waals surface area contributed by atoms with Gasteiger partial charge in [-0.05, 0) is 26.0 Å². The van der Waals surface area contributed by atoms with Crippen LogP contribution in [0.4, 0.5) is 5.13 Å². The van der Waals surface area contributed by atoms with Gasteiger partial charge in [0.15, 0.2) is 5.13 Å². The minimum Gasteiger partial charge on any atom is -0.481 e. The van der Waals surface area contributed by atoms with E-state index < -0.39 is 11.9 Å². The molecule has 1 aromatic rings. The topological polar surface area (TPSA) is 62.2 Å². The van der Waals surface area contributed by atoms with Gasteiger partial charge in [-0.2, -0.15) is 11.8 Å². The molecule has 0 fully saturated rings. The molecule has 2 unspecified atom stereocenters. The number of hydrogen-bond acceptors (Lipinski definition) is 5. The maximum Gasteiger partial charge on any atom is 0.312 e. The number of thiazole rings is 1. The molecule has 1 aromatic heterocycles. The maximum absolute atomic E-state index is 11.0. The minimum atomic E-state index is -0.752. The zero-order valence-corrected chi connectivity index (χ0v) is 11.5. The number of nitrogens with zero attached hydrogens (tertiary/aromatic N) is 1. The SMILES string of the molecule is CSCC(C)Nc1nc2c(s1)CCC2C(=O)O. The van der Waals surface area contributed by atoms with E-state index in [1.807, 2.05) is 0 Å². The standard InChI is InChI=1S/C11H16N2O2S2/c1-6(5-16-2)12-11-13-9-7(10(14)15)3-4-8(9)17-11/h6-7H,3-5H2,1-2H3,(H,12,13)(H,14,15). The first-order valence-electron chi connectivity index (χ1n) is 5.59. The zero-order chi connectivity index (χ0) is 12.4. The summed E-state index contributed by atoms with van der Waals surface area (Å²) in [4.78, 5) is 16.6. The van der Waals surface area contributed by atoms with E-state index in [0.717, 1.165) is 27.9 Å². The molecule has 0 aliphatic heterocycles. The van der Waals surface area contributed by atoms with E-state index in [1.54, 1.807) is 23.1 Å². The molecule has 0 aromatic carbocycles. The van der Waals surface area contributed by atoms with Crippen LogP contribution < -0.4 is 5.32 Å². The van der Waals surface area contributed by atoms with Crippen LogP contribution in [0.2, 0.25) is 0 Å². The van der Waals surface area contributed by atoms with Crippen LogP contribution in [0.3, 0.4) is 0 Å². The van der Waals surface area contributed by atoms with Gasteiger partial charge in [-0.3, -0.25) is 4.79 Å². The Morgan fingerprint density at radius 2 is 2.53 bits per heavy atom. The lowest BCUT2D eigenvalue weighted by molar-refractivity contribution is -0.138. The molecule has 0 saturated carbocycles. The number of carbonyl (C=O) groups is 1. The van der Waals surface area contributed by atoms with Crippen molar-refractivity contribution in [3.8, 4) is 0 Å². The van der Waals surface area contributed by atoms with Crippen molar-refractivity contribution in [3.05, 3.63) is 10.6 Å². The molecule has 2 rings (SSSR count). The largest absolute Gasteiger partial charge is 0.481 e. The number of carboxylic acids is 1. The first-order valence-corrected chi connectivity index (χ1v) is 7.80. The second-order valence-corrected chi connectivity index (χ2v) is 6.25. The van der Waals surface area contributed by atoms with Crippen LogP contribution in [0.5, 0.6) is 0 Å². The van der Waals surface area contributed by atoms with Crippen molar-refractivity contribution < 1.29 is 9.90 Å². The van der Waals surface area contributed by atoms with Crippen molar-refractivity contribution in [1.29, 1.82) is 0 Å². The summed E-state index contributed by atoms with van der Waals surface area (Å²) in [5.41, 5.74) is 0.779. The van der Waals surface area contributed by atoms with E-state index in [9.17, 15) is 4.79 Å². The Kier molecular flexibility index (Phi) is 3.93. The normalized spacial score (nSPS) is 20.0. The molecule has 1 aliphatic carbocycles. The lowest BCUT2D eigenvalue weighted by Gasteiger charge is -2.10. The molecule has 2 atom stereocenters. The third-order valence-corrected chi connectivity index (χ3v) is 4.70. The number of aliphatic carboxylic acids is 1. The van der Waals surface area contributed by atoms with Gasteiger partial charge in [0.1, 0.15) is 5.92 Å². The third-order valence-electron chi connectivity index (χ3n) is 2.80. The molecule has 2 N–H and O–H groups in total. The van der Waals surface area contributed by atoms with E-state index in [4.69, 9.17) is 5.11 Å². The van der Waals surface area contributed by atoms with Crippen molar-refractivity contribution in [3.63, 3.8) is 0 Å². The van der Waals surface area contributed by atoms with Crippen LogP contribution in [0, 0.1) is 0 Å². The fourth-order valence-corrected chi connectivity index (χ4v) is 3.76. The number of nitrogens with one attached hydrogen (secondary N) is 1. The number of hydrogen-bond donors (Lipinski definition) is 2. The van der Waals surface area contributed by atoms with Crippen molar-refractivity contribution in [2.24, 2.45) is 0 Å². The van der Waals surface area contributed by atoms with Gasteiger partial charge in [0, 0.05) is 16.7 Å². The Morgan fingerprint density at radius 3 is 3.18 bits per heavy atom. The van der Waals surface area contributed by atoms with Crippen LogP contribution in [0.15, 0.2) is 0 Å². The first-order chi connectivity index (χ1) is 8.11. The van der Waals surface area contributed by atoms with Crippen LogP contribution in [-0.2, 0) is 11.2 Å². The van der Waals surface area contributed by atoms with Gasteiger partial charge < -0.3 is 10.4 Å². The number of anilines is 1. The molecule has 0 bridgehead atoms. The summed E-state index contributed by atoms with van der Waals surface area (Å²) < 4.78 is 0. The number of carboxylic acid groups (broad SMARTS) is 1. The molecule has 94 valence electrons. The molecule has 6 heteroatoms. The van der Waals surface area contributed by atoms with Gasteiger partial charge in [0.25, 0.3) is 0 Å². The molecule has 0 spiro atoms. The Morgan fingerprint density at radius 1 is 1.76 bits per heavy atom. The average Bonchev–Trinajstić information content (AvgIpc) is 2.76. The molecule has 0 saturated heterocycles. The predicted octanol–water partition coefficient (Wildman–Crippen LogP) is 2.42. The Balaban J connectivity index is 2.08. The molecule has 0 radical (unpaired) electrons. The van der Waals surface area contributed by atoms with Crippen molar-refractivity contribution in [2.45, 2.75) is 31.7 Å². The quantitative estimate of drug-likeness (QED) is 0.862. The molecule has 0 amide bonds. The van der Waals surface area contributed by atoms with Crippen molar-refractivity contribution in [2.75, 3.05) is 17.3 Å². The minimum absolute atomic E-state index is 0.361. The van der Waals surface area contributed by atoms with E-state index in [-0.39, 0.29) is 0 Å². The fraction of sp³-hybridized carbons (Fsp3) is 0.636. The fourth-order valence-electron chi connectivity index (χ4n) is 2.03. The summed E-state index contributed by atoms with van der Waals surface area (Å²) in [5, 5.41) is 13.3. The molecule has 4 nitrogen and oxygen atoms in total. The number of thioether (sulfide) groups is 1. The first kappa shape index (κ1) is 12.7. The highest BCUT2D eigenvalue weighted by Gasteiger charge is 2.32. The molecule has 17 heavy (non-hydrogen) atoms. The maximum atomic E-state index is 11.0. The van der Waals surface area contributed by atoms with Gasteiger partial charge in [-0.1, -0.05) is 0 Å². The Bertz CT molecular complexity index is 420. The van der Waals surface area contributed by atoms with E-state index in [1.165, 1.54) is 0 Å². The van der Waals surface area contributed by atoms with Gasteiger partial charge in [-0.15, -0.1) is 11.3 Å². The summed E-state index contributed by atoms with van der Waals surface area (Å²) in [6.07, 6.45) is 3.62. The second-order valence-electron chi connectivity index (χ2n) is 4.26. The highest BCUT2D eigenvalue weighted by Crippen LogP contribution is 2.38. The van der Waals surface area contributed by atoms with E-state index in [2.05, 4.69) is 23.5 Å². The van der Waals surface area contributed by atoms with Crippen LogP contribution in [-0.4, -0.2) is 34.1 Å². The van der Waals surface area contributed by atoms with Crippen molar-refractivity contribution in [1.82, 2.24) is 4.98 Å². The summed E-state index contributed by atoms with van der Waals surface area (Å²) in [6, 6.07) is 0.361. The predicted molar refractivity (Wildman–Crippen MR) is 72.3 cm³/mol. The van der Waals surface area contributed by atoms with Crippen LogP contribution >= 0.6 is 23.1 Å². The average molecular weight is 272 g/mol. The summed E-state index contributed by atoms with van der Waals surface area (Å²) in [6.45, 7) is 2.11. The van der Waals surface area contributed by atoms with E-state index >= 15 is 0 Å². The van der Waals surface area contributed by atoms with Gasteiger partial charge in [-0.25, -0.2) is 4.98 Å². The number of fused-ring (bicyclic) bond motifs is 1. The summed E-state index contributed by atoms with van der Waals surface area (Å²) in [7, 11) is 0. The molecule has 1 heterocycles. The zero-order valence-electron chi connectivity index (χ0n) is 9.90. The van der Waals surface area contributed by atoms with E-state index in [0.29, 0.717) is 12.5 Å². The smallest absolute Gasteiger partial charge is 0.312 e. The Hall–Kier alpha value is -0.750. The molecular weight excluding hydrogens is 256 g/mol. The summed E-state index contributed by atoms with van der Waals surface area (Å²) in [5.74, 6) is -0.127. The lowest BCUT2D eigenvalue weighted by Crippen LogP contribution is -2.17. The monoisotopic (exact) mass is 272 g/mol. The highest BCUT2D eigenvalue weighted by molar-refractivity contribution is 7.98. The second kappa shape index (κ2) is 5.27. The molecular formula is C11H16N2O2S2. The van der Waals surface area contributed by atoms with Gasteiger partial charge in [0.05, 0.1) is 5.69 Å². The number of aryl methyl sites for hydroxylation is 1.